The van der Waals surface area contributed by atoms with Crippen molar-refractivity contribution in [3.63, 3.8) is 0 Å². The highest BCUT2D eigenvalue weighted by molar-refractivity contribution is 5.79. The zero-order valence-corrected chi connectivity index (χ0v) is 17.6. The number of carbonyl (C=O) groups excluding carboxylic acids is 2. The van der Waals surface area contributed by atoms with Gasteiger partial charge in [-0.15, -0.1) is 0 Å². The van der Waals surface area contributed by atoms with E-state index in [0.717, 1.165) is 31.2 Å². The van der Waals surface area contributed by atoms with E-state index >= 15 is 0 Å². The van der Waals surface area contributed by atoms with Crippen LogP contribution in [0.4, 0.5) is 0 Å². The molecule has 30 heavy (non-hydrogen) atoms. The van der Waals surface area contributed by atoms with Gasteiger partial charge in [0.25, 0.3) is 0 Å². The zero-order chi connectivity index (χ0) is 20.9. The van der Waals surface area contributed by atoms with E-state index in [1.165, 1.54) is 6.42 Å². The van der Waals surface area contributed by atoms with Crippen molar-refractivity contribution in [2.75, 3.05) is 0 Å². The molecule has 4 aliphatic rings. The molecule has 4 saturated carbocycles. The average Bonchev–Trinajstić information content (AvgIpc) is 3.05. The lowest BCUT2D eigenvalue weighted by atomic mass is 9.47. The number of amides is 1. The van der Waals surface area contributed by atoms with Crippen LogP contribution in [0.1, 0.15) is 56.9 Å². The Kier molecular flexibility index (Phi) is 4.49. The van der Waals surface area contributed by atoms with E-state index in [4.69, 9.17) is 9.15 Å². The Morgan fingerprint density at radius 2 is 1.87 bits per heavy atom. The first-order valence-corrected chi connectivity index (χ1v) is 10.8. The molecule has 4 aliphatic carbocycles. The summed E-state index contributed by atoms with van der Waals surface area (Å²) in [6, 6.07) is 9.70. The molecule has 0 spiro atoms. The van der Waals surface area contributed by atoms with Gasteiger partial charge in [0.05, 0.1) is 5.41 Å². The lowest BCUT2D eigenvalue weighted by Gasteiger charge is -2.60. The van der Waals surface area contributed by atoms with Crippen LogP contribution in [0.3, 0.4) is 0 Å². The molecule has 6 nitrogen and oxygen atoms in total. The molecular weight excluding hydrogens is 380 g/mol. The number of oxazole rings is 1. The minimum Gasteiger partial charge on any atom is -0.459 e. The van der Waals surface area contributed by atoms with Gasteiger partial charge in [-0.05, 0) is 69.4 Å². The van der Waals surface area contributed by atoms with Crippen molar-refractivity contribution in [2.45, 2.75) is 64.5 Å². The van der Waals surface area contributed by atoms with E-state index in [1.807, 2.05) is 37.3 Å². The van der Waals surface area contributed by atoms with E-state index in [1.54, 1.807) is 6.92 Å². The lowest BCUT2D eigenvalue weighted by Crippen LogP contribution is -2.64. The standard InChI is InChI=1S/C24H28N2O4/c1-15-20(25-21(30-15)19-6-4-3-5-7-19)13-29-22(28)23-9-17-8-18(10-23)12-24(11-17,14-23)26-16(2)27/h3-7,17-18H,8-14H2,1-2H3,(H,26,27)/t17-,18+,23?,24?. The molecule has 0 aliphatic heterocycles. The Labute approximate surface area is 176 Å². The summed E-state index contributed by atoms with van der Waals surface area (Å²) < 4.78 is 11.6. The zero-order valence-electron chi connectivity index (χ0n) is 17.6. The van der Waals surface area contributed by atoms with Gasteiger partial charge in [0, 0.05) is 18.0 Å². The highest BCUT2D eigenvalue weighted by Gasteiger charge is 2.61. The van der Waals surface area contributed by atoms with Gasteiger partial charge in [-0.25, -0.2) is 4.98 Å². The van der Waals surface area contributed by atoms with Crippen LogP contribution in [0.25, 0.3) is 11.5 Å². The molecule has 4 fully saturated rings. The average molecular weight is 408 g/mol. The van der Waals surface area contributed by atoms with E-state index in [2.05, 4.69) is 10.3 Å². The minimum absolute atomic E-state index is 0.00729. The van der Waals surface area contributed by atoms with Crippen LogP contribution < -0.4 is 5.32 Å². The van der Waals surface area contributed by atoms with Gasteiger partial charge in [-0.3, -0.25) is 9.59 Å². The molecule has 158 valence electrons. The van der Waals surface area contributed by atoms with Crippen molar-refractivity contribution >= 4 is 11.9 Å². The van der Waals surface area contributed by atoms with E-state index in [9.17, 15) is 9.59 Å². The summed E-state index contributed by atoms with van der Waals surface area (Å²) in [6.07, 6.45) is 5.58. The maximum atomic E-state index is 13.3. The number of esters is 1. The van der Waals surface area contributed by atoms with Gasteiger partial charge in [0.15, 0.2) is 0 Å². The van der Waals surface area contributed by atoms with Crippen molar-refractivity contribution in [1.29, 1.82) is 0 Å². The molecule has 2 unspecified atom stereocenters. The minimum atomic E-state index is -0.480. The Balaban J connectivity index is 1.31. The molecule has 1 amide bonds. The normalized spacial score (nSPS) is 31.5. The van der Waals surface area contributed by atoms with Crippen molar-refractivity contribution in [3.05, 3.63) is 41.8 Å². The number of hydrogen-bond acceptors (Lipinski definition) is 5. The van der Waals surface area contributed by atoms with E-state index < -0.39 is 5.41 Å². The number of aryl methyl sites for hydroxylation is 1. The molecule has 1 aromatic carbocycles. The number of aromatic nitrogens is 1. The van der Waals surface area contributed by atoms with Crippen LogP contribution >= 0.6 is 0 Å². The largest absolute Gasteiger partial charge is 0.459 e. The monoisotopic (exact) mass is 408 g/mol. The number of carbonyl (C=O) groups is 2. The predicted octanol–water partition coefficient (Wildman–Crippen LogP) is 4.17. The number of hydrogen-bond donors (Lipinski definition) is 1. The predicted molar refractivity (Wildman–Crippen MR) is 110 cm³/mol. The lowest BCUT2D eigenvalue weighted by molar-refractivity contribution is -0.177. The van der Waals surface area contributed by atoms with Gasteiger partial charge in [0.1, 0.15) is 18.1 Å². The quantitative estimate of drug-likeness (QED) is 0.751. The number of nitrogens with one attached hydrogen (secondary N) is 1. The third kappa shape index (κ3) is 3.32. The van der Waals surface area contributed by atoms with E-state index in [0.29, 0.717) is 35.6 Å². The first-order valence-electron chi connectivity index (χ1n) is 10.8. The van der Waals surface area contributed by atoms with Gasteiger partial charge in [-0.1, -0.05) is 18.2 Å². The molecule has 1 heterocycles. The summed E-state index contributed by atoms with van der Waals surface area (Å²) in [6.45, 7) is 3.53. The Bertz CT molecular complexity index is 966. The molecule has 1 N–H and O–H groups in total. The highest BCUT2D eigenvalue weighted by Crippen LogP contribution is 2.62. The van der Waals surface area contributed by atoms with Crippen LogP contribution in [-0.4, -0.2) is 22.4 Å². The molecule has 6 heteroatoms. The molecule has 0 radical (unpaired) electrons. The molecule has 0 saturated heterocycles. The summed E-state index contributed by atoms with van der Waals surface area (Å²) in [7, 11) is 0. The smallest absolute Gasteiger partial charge is 0.312 e. The summed E-state index contributed by atoms with van der Waals surface area (Å²) in [5.74, 6) is 2.04. The number of benzene rings is 1. The molecule has 6 rings (SSSR count). The first kappa shape index (κ1) is 19.3. The Hall–Kier alpha value is -2.63. The fourth-order valence-corrected chi connectivity index (χ4v) is 6.57. The van der Waals surface area contributed by atoms with Gasteiger partial charge < -0.3 is 14.5 Å². The van der Waals surface area contributed by atoms with Crippen LogP contribution in [0.15, 0.2) is 34.7 Å². The fourth-order valence-electron chi connectivity index (χ4n) is 6.57. The number of rotatable bonds is 5. The Morgan fingerprint density at radius 3 is 2.53 bits per heavy atom. The second-order valence-electron chi connectivity index (χ2n) is 9.67. The summed E-state index contributed by atoms with van der Waals surface area (Å²) in [5.41, 5.74) is 0.839. The maximum absolute atomic E-state index is 13.3. The van der Waals surface area contributed by atoms with E-state index in [-0.39, 0.29) is 24.0 Å². The van der Waals surface area contributed by atoms with Gasteiger partial charge >= 0.3 is 5.97 Å². The van der Waals surface area contributed by atoms with Crippen LogP contribution in [0, 0.1) is 24.2 Å². The highest BCUT2D eigenvalue weighted by atomic mass is 16.5. The van der Waals surface area contributed by atoms with Crippen LogP contribution in [0.5, 0.6) is 0 Å². The molecule has 2 aromatic rings. The SMILES string of the molecule is CC(=O)NC12C[C@H]3C[C@@H](C1)CC(C(=O)OCc1nc(-c4ccccc4)oc1C)(C3)C2. The van der Waals surface area contributed by atoms with Crippen molar-refractivity contribution in [2.24, 2.45) is 17.3 Å². The first-order chi connectivity index (χ1) is 14.4. The molecule has 4 atom stereocenters. The van der Waals surface area contributed by atoms with Crippen molar-refractivity contribution in [1.82, 2.24) is 10.3 Å². The number of nitrogens with zero attached hydrogens (tertiary/aromatic N) is 1. The summed E-state index contributed by atoms with van der Waals surface area (Å²) in [4.78, 5) is 29.7. The second kappa shape index (κ2) is 6.96. The van der Waals surface area contributed by atoms with Gasteiger partial charge in [0.2, 0.25) is 11.8 Å². The van der Waals surface area contributed by atoms with Crippen molar-refractivity contribution in [3.8, 4) is 11.5 Å². The summed E-state index contributed by atoms with van der Waals surface area (Å²) >= 11 is 0. The van der Waals surface area contributed by atoms with Crippen LogP contribution in [0.2, 0.25) is 0 Å². The fraction of sp³-hybridized carbons (Fsp3) is 0.542. The molecule has 4 bridgehead atoms. The summed E-state index contributed by atoms with van der Waals surface area (Å²) in [5, 5.41) is 3.20. The third-order valence-electron chi connectivity index (χ3n) is 7.19. The molecule has 1 aromatic heterocycles. The van der Waals surface area contributed by atoms with Crippen LogP contribution in [-0.2, 0) is 20.9 Å². The Morgan fingerprint density at radius 1 is 1.17 bits per heavy atom. The molecular formula is C24H28N2O4. The maximum Gasteiger partial charge on any atom is 0.312 e. The topological polar surface area (TPSA) is 81.4 Å². The van der Waals surface area contributed by atoms with Gasteiger partial charge in [-0.2, -0.15) is 0 Å². The number of ether oxygens (including phenoxy) is 1. The third-order valence-corrected chi connectivity index (χ3v) is 7.19. The second-order valence-corrected chi connectivity index (χ2v) is 9.67. The van der Waals surface area contributed by atoms with Crippen molar-refractivity contribution < 1.29 is 18.7 Å².